The maximum Gasteiger partial charge on any atom is 0.442 e. The Morgan fingerprint density at radius 3 is 2.07 bits per heavy atom. The number of halogens is 5. The molecule has 0 bridgehead atoms. The third-order valence-electron chi connectivity index (χ3n) is 5.79. The van der Waals surface area contributed by atoms with Crippen LogP contribution in [0.5, 0.6) is 0 Å². The minimum atomic E-state index is -4.61. The van der Waals surface area contributed by atoms with Gasteiger partial charge in [-0.25, -0.2) is 8.78 Å². The molecule has 1 aromatic carbocycles. The Balaban J connectivity index is 1.32. The Morgan fingerprint density at radius 2 is 1.63 bits per heavy atom. The van der Waals surface area contributed by atoms with Crippen molar-refractivity contribution in [1.82, 2.24) is 5.32 Å². The monoisotopic (exact) mass is 387 g/mol. The third-order valence-corrected chi connectivity index (χ3v) is 5.79. The van der Waals surface area contributed by atoms with E-state index in [1.165, 1.54) is 24.3 Å². The molecule has 0 atom stereocenters. The van der Waals surface area contributed by atoms with Gasteiger partial charge in [0.05, 0.1) is 0 Å². The normalized spacial score (nSPS) is 25.4. The summed E-state index contributed by atoms with van der Waals surface area (Å²) in [4.78, 5) is 12.3. The van der Waals surface area contributed by atoms with Gasteiger partial charge in [0.1, 0.15) is 0 Å². The molecule has 1 spiro atoms. The second-order valence-electron chi connectivity index (χ2n) is 8.50. The molecular weight excluding hydrogens is 369 g/mol. The van der Waals surface area contributed by atoms with Crippen molar-refractivity contribution < 1.29 is 26.7 Å². The lowest BCUT2D eigenvalue weighted by atomic mass is 9.44. The van der Waals surface area contributed by atoms with Gasteiger partial charge >= 0.3 is 11.8 Å². The Bertz CT molecular complexity index is 793. The van der Waals surface area contributed by atoms with Crippen molar-refractivity contribution in [1.29, 1.82) is 0 Å². The highest BCUT2D eigenvalue weighted by atomic mass is 19.4. The highest BCUT2D eigenvalue weighted by Crippen LogP contribution is 2.68. The number of carbonyl (C=O) groups excluding carboxylic acids is 1. The molecule has 0 unspecified atom stereocenters. The van der Waals surface area contributed by atoms with Crippen molar-refractivity contribution in [3.05, 3.63) is 35.4 Å². The lowest BCUT2D eigenvalue weighted by Crippen LogP contribution is -2.59. The predicted octanol–water partition coefficient (Wildman–Crippen LogP) is 4.81. The van der Waals surface area contributed by atoms with Crippen LogP contribution in [0.15, 0.2) is 34.5 Å². The van der Waals surface area contributed by atoms with E-state index in [0.29, 0.717) is 19.4 Å². The van der Waals surface area contributed by atoms with E-state index in [1.807, 2.05) is 6.92 Å². The molecule has 1 aromatic rings. The summed E-state index contributed by atoms with van der Waals surface area (Å²) in [7, 11) is 0. The number of carbonyl (C=O) groups is 1. The van der Waals surface area contributed by atoms with Crippen LogP contribution >= 0.6 is 0 Å². The maximum absolute atomic E-state index is 13.1. The molecule has 1 N–H and O–H groups in total. The SMILES string of the molecule is CC1(CNC(=O)c2ccc(C3(C(F)(F)F)N=N3)cc2)CC2(CC(F)(F)C2)C1. The smallest absolute Gasteiger partial charge is 0.351 e. The molecule has 1 aliphatic heterocycles. The molecule has 1 amide bonds. The van der Waals surface area contributed by atoms with Crippen molar-refractivity contribution in [3.63, 3.8) is 0 Å². The average molecular weight is 387 g/mol. The van der Waals surface area contributed by atoms with Gasteiger partial charge in [0.15, 0.2) is 0 Å². The van der Waals surface area contributed by atoms with Crippen LogP contribution in [0.25, 0.3) is 0 Å². The van der Waals surface area contributed by atoms with E-state index in [1.54, 1.807) is 0 Å². The van der Waals surface area contributed by atoms with Gasteiger partial charge in [-0.1, -0.05) is 19.1 Å². The third kappa shape index (κ3) is 3.00. The van der Waals surface area contributed by atoms with E-state index in [-0.39, 0.29) is 34.8 Å². The Hall–Kier alpha value is -2.06. The molecule has 9 heteroatoms. The highest BCUT2D eigenvalue weighted by Gasteiger charge is 2.66. The summed E-state index contributed by atoms with van der Waals surface area (Å²) in [5, 5.41) is 9.00. The van der Waals surface area contributed by atoms with E-state index in [4.69, 9.17) is 0 Å². The van der Waals surface area contributed by atoms with Crippen molar-refractivity contribution in [3.8, 4) is 0 Å². The Morgan fingerprint density at radius 1 is 1.07 bits per heavy atom. The first-order chi connectivity index (χ1) is 12.4. The summed E-state index contributed by atoms with van der Waals surface area (Å²) in [6.45, 7) is 2.29. The lowest BCUT2D eigenvalue weighted by molar-refractivity contribution is -0.226. The van der Waals surface area contributed by atoms with Gasteiger partial charge in [-0.2, -0.15) is 13.2 Å². The van der Waals surface area contributed by atoms with Gasteiger partial charge in [0, 0.05) is 30.5 Å². The maximum atomic E-state index is 13.1. The summed E-state index contributed by atoms with van der Waals surface area (Å²) >= 11 is 0. The van der Waals surface area contributed by atoms with Crippen LogP contribution in [0.4, 0.5) is 22.0 Å². The molecule has 3 aliphatic rings. The first kappa shape index (κ1) is 18.3. The zero-order valence-electron chi connectivity index (χ0n) is 14.5. The number of amides is 1. The molecule has 0 radical (unpaired) electrons. The molecule has 2 aliphatic carbocycles. The standard InChI is InChI=1S/C18H18F5N3O/c1-14(6-15(7-14)8-16(19,20)9-15)10-24-13(27)11-2-4-12(5-3-11)17(25-26-17)18(21,22)23/h2-5H,6-10H2,1H3,(H,24,27). The molecular formula is C18H18F5N3O. The fourth-order valence-electron chi connectivity index (χ4n) is 4.87. The first-order valence-electron chi connectivity index (χ1n) is 8.65. The van der Waals surface area contributed by atoms with Gasteiger partial charge in [0.2, 0.25) is 5.92 Å². The first-order valence-corrected chi connectivity index (χ1v) is 8.65. The number of nitrogens with one attached hydrogen (secondary N) is 1. The summed E-state index contributed by atoms with van der Waals surface area (Å²) in [6.07, 6.45) is -3.48. The number of alkyl halides is 5. The van der Waals surface area contributed by atoms with E-state index in [2.05, 4.69) is 15.5 Å². The highest BCUT2D eigenvalue weighted by molar-refractivity contribution is 5.94. The molecule has 4 nitrogen and oxygen atoms in total. The van der Waals surface area contributed by atoms with Gasteiger partial charge in [0.25, 0.3) is 5.91 Å². The fraction of sp³-hybridized carbons (Fsp3) is 0.611. The van der Waals surface area contributed by atoms with Crippen molar-refractivity contribution in [2.75, 3.05) is 6.54 Å². The number of hydrogen-bond acceptors (Lipinski definition) is 3. The summed E-state index contributed by atoms with van der Waals surface area (Å²) in [5.74, 6) is -2.96. The molecule has 2 fully saturated rings. The molecule has 4 rings (SSSR count). The molecule has 0 saturated heterocycles. The van der Waals surface area contributed by atoms with Crippen LogP contribution in [-0.4, -0.2) is 24.6 Å². The largest absolute Gasteiger partial charge is 0.442 e. The van der Waals surface area contributed by atoms with Crippen LogP contribution < -0.4 is 5.32 Å². The minimum Gasteiger partial charge on any atom is -0.351 e. The minimum absolute atomic E-state index is 0.0813. The van der Waals surface area contributed by atoms with E-state index in [9.17, 15) is 26.7 Å². The second-order valence-corrected chi connectivity index (χ2v) is 8.50. The van der Waals surface area contributed by atoms with Crippen molar-refractivity contribution in [2.45, 2.75) is 50.4 Å². The van der Waals surface area contributed by atoms with E-state index in [0.717, 1.165) is 0 Å². The van der Waals surface area contributed by atoms with Crippen LogP contribution in [0, 0.1) is 10.8 Å². The molecule has 1 heterocycles. The Kier molecular flexibility index (Phi) is 3.57. The topological polar surface area (TPSA) is 53.8 Å². The van der Waals surface area contributed by atoms with Gasteiger partial charge < -0.3 is 5.32 Å². The number of nitrogens with zero attached hydrogens (tertiary/aromatic N) is 2. The van der Waals surface area contributed by atoms with E-state index < -0.39 is 23.7 Å². The number of rotatable bonds is 4. The molecule has 0 aromatic heterocycles. The summed E-state index contributed by atoms with van der Waals surface area (Å²) in [6, 6.07) is 5.00. The Labute approximate surface area is 152 Å². The summed E-state index contributed by atoms with van der Waals surface area (Å²) in [5.41, 5.74) is -2.91. The molecule has 146 valence electrons. The fourth-order valence-corrected chi connectivity index (χ4v) is 4.87. The molecule has 27 heavy (non-hydrogen) atoms. The predicted molar refractivity (Wildman–Crippen MR) is 85.3 cm³/mol. The average Bonchev–Trinajstić information content (AvgIpc) is 3.31. The number of benzene rings is 1. The van der Waals surface area contributed by atoms with Crippen LogP contribution in [0.1, 0.15) is 48.5 Å². The second kappa shape index (κ2) is 5.26. The van der Waals surface area contributed by atoms with Gasteiger partial charge in [-0.05, 0) is 35.8 Å². The van der Waals surface area contributed by atoms with Crippen molar-refractivity contribution in [2.24, 2.45) is 21.1 Å². The lowest BCUT2D eigenvalue weighted by Gasteiger charge is -2.62. The zero-order chi connectivity index (χ0) is 19.7. The molecule has 2 saturated carbocycles. The number of hydrogen-bond donors (Lipinski definition) is 1. The zero-order valence-corrected chi connectivity index (χ0v) is 14.5. The van der Waals surface area contributed by atoms with Crippen LogP contribution in [-0.2, 0) is 5.66 Å². The quantitative estimate of drug-likeness (QED) is 0.741. The van der Waals surface area contributed by atoms with Crippen LogP contribution in [0.3, 0.4) is 0 Å². The summed E-state index contributed by atoms with van der Waals surface area (Å²) < 4.78 is 65.1. The van der Waals surface area contributed by atoms with Gasteiger partial charge in [-0.15, -0.1) is 10.2 Å². The van der Waals surface area contributed by atoms with Crippen molar-refractivity contribution >= 4 is 5.91 Å². The van der Waals surface area contributed by atoms with Gasteiger partial charge in [-0.3, -0.25) is 4.79 Å². The van der Waals surface area contributed by atoms with Crippen LogP contribution in [0.2, 0.25) is 0 Å². The van der Waals surface area contributed by atoms with E-state index >= 15 is 0 Å².